The molecule has 0 aromatic heterocycles. The third-order valence-electron chi connectivity index (χ3n) is 4.92. The van der Waals surface area contributed by atoms with Crippen LogP contribution in [0, 0.1) is 5.92 Å². The van der Waals surface area contributed by atoms with Crippen LogP contribution in [0.15, 0.2) is 0 Å². The quantitative estimate of drug-likeness (QED) is 0.762. The molecule has 17 heavy (non-hydrogen) atoms. The van der Waals surface area contributed by atoms with E-state index < -0.39 is 0 Å². The number of hydrogen-bond donors (Lipinski definition) is 1. The van der Waals surface area contributed by atoms with Crippen molar-refractivity contribution in [3.8, 4) is 0 Å². The predicted molar refractivity (Wildman–Crippen MR) is 74.1 cm³/mol. The summed E-state index contributed by atoms with van der Waals surface area (Å²) >= 11 is 0. The van der Waals surface area contributed by atoms with Gasteiger partial charge in [-0.3, -0.25) is 4.90 Å². The predicted octanol–water partition coefficient (Wildman–Crippen LogP) is 3.16. The summed E-state index contributed by atoms with van der Waals surface area (Å²) in [7, 11) is 0. The molecular weight excluding hydrogens is 208 g/mol. The Morgan fingerprint density at radius 2 is 1.94 bits per heavy atom. The van der Waals surface area contributed by atoms with Gasteiger partial charge < -0.3 is 5.73 Å². The Morgan fingerprint density at radius 3 is 2.71 bits per heavy atom. The monoisotopic (exact) mass is 238 g/mol. The van der Waals surface area contributed by atoms with E-state index in [1.54, 1.807) is 0 Å². The molecular formula is C15H30N2. The molecule has 0 aromatic rings. The van der Waals surface area contributed by atoms with Crippen LogP contribution in [0.2, 0.25) is 0 Å². The lowest BCUT2D eigenvalue weighted by Gasteiger charge is -2.32. The Morgan fingerprint density at radius 1 is 1.06 bits per heavy atom. The van der Waals surface area contributed by atoms with E-state index in [1.165, 1.54) is 64.3 Å². The first-order chi connectivity index (χ1) is 8.35. The van der Waals surface area contributed by atoms with Gasteiger partial charge in [0.05, 0.1) is 0 Å². The zero-order valence-electron chi connectivity index (χ0n) is 11.5. The van der Waals surface area contributed by atoms with E-state index in [4.69, 9.17) is 5.73 Å². The summed E-state index contributed by atoms with van der Waals surface area (Å²) in [5.41, 5.74) is 5.90. The Kier molecular flexibility index (Phi) is 5.30. The summed E-state index contributed by atoms with van der Waals surface area (Å²) in [6.45, 7) is 4.51. The molecule has 1 aliphatic heterocycles. The fourth-order valence-electron chi connectivity index (χ4n) is 3.98. The molecule has 2 heteroatoms. The minimum Gasteiger partial charge on any atom is -0.329 e. The SMILES string of the molecule is CCCC1CCCC(N2CCCC2CN)CC1. The third kappa shape index (κ3) is 3.45. The van der Waals surface area contributed by atoms with Crippen LogP contribution in [-0.4, -0.2) is 30.1 Å². The van der Waals surface area contributed by atoms with Gasteiger partial charge in [0.25, 0.3) is 0 Å². The van der Waals surface area contributed by atoms with Crippen molar-refractivity contribution < 1.29 is 0 Å². The van der Waals surface area contributed by atoms with Crippen molar-refractivity contribution in [3.05, 3.63) is 0 Å². The molecule has 2 nitrogen and oxygen atoms in total. The number of likely N-dealkylation sites (tertiary alicyclic amines) is 1. The van der Waals surface area contributed by atoms with Crippen molar-refractivity contribution in [2.45, 2.75) is 76.8 Å². The highest BCUT2D eigenvalue weighted by atomic mass is 15.2. The van der Waals surface area contributed by atoms with Crippen LogP contribution in [0.3, 0.4) is 0 Å². The summed E-state index contributed by atoms with van der Waals surface area (Å²) < 4.78 is 0. The van der Waals surface area contributed by atoms with Crippen LogP contribution >= 0.6 is 0 Å². The first-order valence-corrected chi connectivity index (χ1v) is 7.81. The fraction of sp³-hybridized carbons (Fsp3) is 1.00. The zero-order valence-corrected chi connectivity index (χ0v) is 11.5. The van der Waals surface area contributed by atoms with Crippen molar-refractivity contribution in [3.63, 3.8) is 0 Å². The van der Waals surface area contributed by atoms with E-state index in [0.717, 1.165) is 18.5 Å². The standard InChI is InChI=1S/C15H30N2/c1-2-5-13-6-3-7-14(10-9-13)17-11-4-8-15(17)12-16/h13-15H,2-12,16H2,1H3. The van der Waals surface area contributed by atoms with Gasteiger partial charge in [-0.1, -0.05) is 32.6 Å². The van der Waals surface area contributed by atoms with Gasteiger partial charge in [0.15, 0.2) is 0 Å². The number of nitrogens with two attached hydrogens (primary N) is 1. The molecule has 0 bridgehead atoms. The second-order valence-electron chi connectivity index (χ2n) is 6.09. The third-order valence-corrected chi connectivity index (χ3v) is 4.92. The molecule has 2 N–H and O–H groups in total. The molecule has 2 rings (SSSR count). The van der Waals surface area contributed by atoms with Crippen LogP contribution in [0.25, 0.3) is 0 Å². The van der Waals surface area contributed by atoms with Gasteiger partial charge in [0.2, 0.25) is 0 Å². The molecule has 0 amide bonds. The summed E-state index contributed by atoms with van der Waals surface area (Å²) in [6, 6.07) is 1.55. The second kappa shape index (κ2) is 6.75. The normalized spacial score (nSPS) is 36.0. The Labute approximate surface area is 107 Å². The molecule has 3 atom stereocenters. The minimum atomic E-state index is 0.697. The topological polar surface area (TPSA) is 29.3 Å². The maximum atomic E-state index is 5.90. The van der Waals surface area contributed by atoms with Crippen molar-refractivity contribution in [1.29, 1.82) is 0 Å². The van der Waals surface area contributed by atoms with Crippen LogP contribution in [-0.2, 0) is 0 Å². The zero-order chi connectivity index (χ0) is 12.1. The number of rotatable bonds is 4. The first-order valence-electron chi connectivity index (χ1n) is 7.81. The first kappa shape index (κ1) is 13.4. The molecule has 1 heterocycles. The molecule has 1 aliphatic carbocycles. The highest BCUT2D eigenvalue weighted by Crippen LogP contribution is 2.32. The van der Waals surface area contributed by atoms with Gasteiger partial charge in [-0.05, 0) is 44.6 Å². The molecule has 2 fully saturated rings. The maximum Gasteiger partial charge on any atom is 0.0221 e. The second-order valence-corrected chi connectivity index (χ2v) is 6.09. The van der Waals surface area contributed by atoms with Crippen molar-refractivity contribution in [2.75, 3.05) is 13.1 Å². The van der Waals surface area contributed by atoms with Crippen LogP contribution in [0.1, 0.15) is 64.7 Å². The summed E-state index contributed by atoms with van der Waals surface area (Å²) in [5, 5.41) is 0. The fourth-order valence-corrected chi connectivity index (χ4v) is 3.98. The van der Waals surface area contributed by atoms with Gasteiger partial charge in [0.1, 0.15) is 0 Å². The Balaban J connectivity index is 1.85. The maximum absolute atomic E-state index is 5.90. The summed E-state index contributed by atoms with van der Waals surface area (Å²) in [4.78, 5) is 2.74. The number of nitrogens with zero attached hydrogens (tertiary/aromatic N) is 1. The molecule has 100 valence electrons. The Hall–Kier alpha value is -0.0800. The van der Waals surface area contributed by atoms with Gasteiger partial charge in [0, 0.05) is 18.6 Å². The van der Waals surface area contributed by atoms with Crippen molar-refractivity contribution in [2.24, 2.45) is 11.7 Å². The Bertz CT molecular complexity index is 217. The van der Waals surface area contributed by atoms with Gasteiger partial charge in [-0.15, -0.1) is 0 Å². The summed E-state index contributed by atoms with van der Waals surface area (Å²) in [6.07, 6.45) is 12.8. The van der Waals surface area contributed by atoms with Crippen LogP contribution < -0.4 is 5.73 Å². The van der Waals surface area contributed by atoms with E-state index in [2.05, 4.69) is 11.8 Å². The molecule has 0 aromatic carbocycles. The highest BCUT2D eigenvalue weighted by Gasteiger charge is 2.30. The van der Waals surface area contributed by atoms with Crippen LogP contribution in [0.5, 0.6) is 0 Å². The van der Waals surface area contributed by atoms with Gasteiger partial charge >= 0.3 is 0 Å². The van der Waals surface area contributed by atoms with Crippen molar-refractivity contribution >= 4 is 0 Å². The van der Waals surface area contributed by atoms with E-state index in [9.17, 15) is 0 Å². The van der Waals surface area contributed by atoms with E-state index in [0.29, 0.717) is 6.04 Å². The average Bonchev–Trinajstić information content (AvgIpc) is 2.70. The van der Waals surface area contributed by atoms with Crippen LogP contribution in [0.4, 0.5) is 0 Å². The van der Waals surface area contributed by atoms with Crippen molar-refractivity contribution in [1.82, 2.24) is 4.90 Å². The number of hydrogen-bond acceptors (Lipinski definition) is 2. The molecule has 1 saturated heterocycles. The molecule has 2 aliphatic rings. The van der Waals surface area contributed by atoms with E-state index >= 15 is 0 Å². The smallest absolute Gasteiger partial charge is 0.0221 e. The lowest BCUT2D eigenvalue weighted by atomic mass is 9.95. The lowest BCUT2D eigenvalue weighted by molar-refractivity contribution is 0.165. The molecule has 1 saturated carbocycles. The van der Waals surface area contributed by atoms with Gasteiger partial charge in [-0.2, -0.15) is 0 Å². The van der Waals surface area contributed by atoms with Gasteiger partial charge in [-0.25, -0.2) is 0 Å². The highest BCUT2D eigenvalue weighted by molar-refractivity contribution is 4.87. The molecule has 3 unspecified atom stereocenters. The average molecular weight is 238 g/mol. The molecule has 0 spiro atoms. The lowest BCUT2D eigenvalue weighted by Crippen LogP contribution is -2.42. The minimum absolute atomic E-state index is 0.697. The summed E-state index contributed by atoms with van der Waals surface area (Å²) in [5.74, 6) is 1.02. The molecule has 0 radical (unpaired) electrons. The largest absolute Gasteiger partial charge is 0.329 e. The van der Waals surface area contributed by atoms with E-state index in [-0.39, 0.29) is 0 Å². The van der Waals surface area contributed by atoms with E-state index in [1.807, 2.05) is 0 Å².